The molecular formula is C18H19BrN2O2. The number of carbonyl (C=O) groups excluding carboxylic acids is 2. The van der Waals surface area contributed by atoms with Crippen LogP contribution in [0.2, 0.25) is 0 Å². The molecule has 2 N–H and O–H groups in total. The molecule has 2 aromatic rings. The second-order valence-corrected chi connectivity index (χ2v) is 6.22. The molecule has 0 aliphatic rings. The second-order valence-electron chi connectivity index (χ2n) is 5.37. The first kappa shape index (κ1) is 17.2. The van der Waals surface area contributed by atoms with Crippen LogP contribution in [0.1, 0.15) is 31.0 Å². The number of anilines is 1. The van der Waals surface area contributed by atoms with E-state index in [1.165, 1.54) is 6.92 Å². The minimum Gasteiger partial charge on any atom is -0.349 e. The molecule has 1 unspecified atom stereocenters. The summed E-state index contributed by atoms with van der Waals surface area (Å²) in [6.45, 7) is 3.42. The molecule has 0 bridgehead atoms. The average Bonchev–Trinajstić information content (AvgIpc) is 2.49. The highest BCUT2D eigenvalue weighted by atomic mass is 79.9. The van der Waals surface area contributed by atoms with E-state index in [-0.39, 0.29) is 17.9 Å². The van der Waals surface area contributed by atoms with Crippen molar-refractivity contribution < 1.29 is 9.59 Å². The summed E-state index contributed by atoms with van der Waals surface area (Å²) in [6, 6.07) is 15.0. The third-order valence-electron chi connectivity index (χ3n) is 3.39. The summed E-state index contributed by atoms with van der Waals surface area (Å²) in [5.74, 6) is -0.154. The molecule has 4 nitrogen and oxygen atoms in total. The van der Waals surface area contributed by atoms with Crippen molar-refractivity contribution >= 4 is 33.4 Å². The minimum atomic E-state index is -0.113. The van der Waals surface area contributed by atoms with E-state index in [1.807, 2.05) is 43.3 Å². The van der Waals surface area contributed by atoms with E-state index < -0.39 is 0 Å². The lowest BCUT2D eigenvalue weighted by atomic mass is 10.1. The summed E-state index contributed by atoms with van der Waals surface area (Å²) in [5, 5.41) is 5.69. The first-order valence-corrected chi connectivity index (χ1v) is 8.15. The lowest BCUT2D eigenvalue weighted by Crippen LogP contribution is -2.28. The number of nitrogens with one attached hydrogen (secondary N) is 2. The van der Waals surface area contributed by atoms with Gasteiger partial charge in [0, 0.05) is 17.1 Å². The Morgan fingerprint density at radius 1 is 1.09 bits per heavy atom. The zero-order valence-electron chi connectivity index (χ0n) is 13.1. The molecule has 0 spiro atoms. The highest BCUT2D eigenvalue weighted by Crippen LogP contribution is 2.22. The van der Waals surface area contributed by atoms with Crippen molar-refractivity contribution in [3.63, 3.8) is 0 Å². The summed E-state index contributed by atoms with van der Waals surface area (Å²) in [4.78, 5) is 23.2. The highest BCUT2D eigenvalue weighted by Gasteiger charge is 2.12. The van der Waals surface area contributed by atoms with E-state index in [0.29, 0.717) is 6.42 Å². The Morgan fingerprint density at radius 3 is 2.35 bits per heavy atom. The quantitative estimate of drug-likeness (QED) is 0.835. The maximum atomic E-state index is 12.2. The predicted octanol–water partition coefficient (Wildman–Crippen LogP) is 3.83. The van der Waals surface area contributed by atoms with Gasteiger partial charge in [-0.15, -0.1) is 0 Å². The summed E-state index contributed by atoms with van der Waals surface area (Å²) in [5.41, 5.74) is 2.67. The maximum absolute atomic E-state index is 12.2. The summed E-state index contributed by atoms with van der Waals surface area (Å²) in [6.07, 6.45) is 0.301. The Kier molecular flexibility index (Phi) is 5.93. The van der Waals surface area contributed by atoms with Crippen LogP contribution in [0.15, 0.2) is 53.0 Å². The highest BCUT2D eigenvalue weighted by molar-refractivity contribution is 9.10. The fourth-order valence-corrected chi connectivity index (χ4v) is 2.92. The van der Waals surface area contributed by atoms with Gasteiger partial charge in [-0.05, 0) is 36.2 Å². The van der Waals surface area contributed by atoms with Gasteiger partial charge < -0.3 is 10.6 Å². The average molecular weight is 375 g/mol. The number of hydrogen-bond donors (Lipinski definition) is 2. The van der Waals surface area contributed by atoms with Gasteiger partial charge in [0.1, 0.15) is 0 Å². The third-order valence-corrected chi connectivity index (χ3v) is 4.11. The zero-order chi connectivity index (χ0) is 16.8. The first-order valence-electron chi connectivity index (χ1n) is 7.36. The Labute approximate surface area is 144 Å². The molecule has 1 atom stereocenters. The topological polar surface area (TPSA) is 58.2 Å². The van der Waals surface area contributed by atoms with E-state index in [1.54, 1.807) is 12.1 Å². The Morgan fingerprint density at radius 2 is 1.74 bits per heavy atom. The van der Waals surface area contributed by atoms with Gasteiger partial charge in [0.05, 0.1) is 12.5 Å². The van der Waals surface area contributed by atoms with Crippen molar-refractivity contribution in [1.82, 2.24) is 5.32 Å². The normalized spacial score (nSPS) is 11.6. The second kappa shape index (κ2) is 7.92. The van der Waals surface area contributed by atoms with Gasteiger partial charge in [-0.2, -0.15) is 0 Å². The third kappa shape index (κ3) is 5.21. The number of benzene rings is 2. The van der Waals surface area contributed by atoms with Crippen LogP contribution in [0.4, 0.5) is 5.69 Å². The molecule has 120 valence electrons. The number of amides is 2. The van der Waals surface area contributed by atoms with Crippen LogP contribution in [0.3, 0.4) is 0 Å². The van der Waals surface area contributed by atoms with Gasteiger partial charge in [0.25, 0.3) is 0 Å². The van der Waals surface area contributed by atoms with Gasteiger partial charge >= 0.3 is 0 Å². The molecule has 2 amide bonds. The van der Waals surface area contributed by atoms with Gasteiger partial charge in [-0.1, -0.05) is 46.3 Å². The van der Waals surface area contributed by atoms with Crippen molar-refractivity contribution in [3.8, 4) is 0 Å². The van der Waals surface area contributed by atoms with E-state index in [9.17, 15) is 9.59 Å². The molecule has 0 radical (unpaired) electrons. The Balaban J connectivity index is 1.94. The molecular weight excluding hydrogens is 356 g/mol. The van der Waals surface area contributed by atoms with Crippen LogP contribution in [0, 0.1) is 0 Å². The Bertz CT molecular complexity index is 698. The molecule has 0 aliphatic carbocycles. The molecule has 0 fully saturated rings. The molecule has 5 heteroatoms. The van der Waals surface area contributed by atoms with Crippen molar-refractivity contribution in [1.29, 1.82) is 0 Å². The van der Waals surface area contributed by atoms with Crippen LogP contribution in [-0.2, 0) is 16.0 Å². The van der Waals surface area contributed by atoms with Crippen LogP contribution in [0.25, 0.3) is 0 Å². The summed E-state index contributed by atoms with van der Waals surface area (Å²) in [7, 11) is 0. The first-order chi connectivity index (χ1) is 11.0. The van der Waals surface area contributed by atoms with Crippen molar-refractivity contribution in [3.05, 3.63) is 64.1 Å². The maximum Gasteiger partial charge on any atom is 0.224 e. The SMILES string of the molecule is CC(=O)Nc1ccc(CC(=O)NC(C)c2ccccc2Br)cc1. The van der Waals surface area contributed by atoms with Crippen LogP contribution >= 0.6 is 15.9 Å². The summed E-state index contributed by atoms with van der Waals surface area (Å²) < 4.78 is 0.979. The van der Waals surface area contributed by atoms with Crippen LogP contribution in [0.5, 0.6) is 0 Å². The van der Waals surface area contributed by atoms with Gasteiger partial charge in [0.15, 0.2) is 0 Å². The van der Waals surface area contributed by atoms with Crippen LogP contribution in [-0.4, -0.2) is 11.8 Å². The molecule has 0 saturated heterocycles. The van der Waals surface area contributed by atoms with E-state index in [0.717, 1.165) is 21.3 Å². The van der Waals surface area contributed by atoms with Gasteiger partial charge in [-0.25, -0.2) is 0 Å². The van der Waals surface area contributed by atoms with Crippen molar-refractivity contribution in [2.75, 3.05) is 5.32 Å². The number of carbonyl (C=O) groups is 2. The molecule has 0 saturated carbocycles. The van der Waals surface area contributed by atoms with Gasteiger partial charge in [-0.3, -0.25) is 9.59 Å². The molecule has 0 aromatic heterocycles. The van der Waals surface area contributed by atoms with E-state index in [2.05, 4.69) is 26.6 Å². The minimum absolute atomic E-state index is 0.0412. The molecule has 0 heterocycles. The van der Waals surface area contributed by atoms with Gasteiger partial charge in [0.2, 0.25) is 11.8 Å². The number of rotatable bonds is 5. The zero-order valence-corrected chi connectivity index (χ0v) is 14.7. The number of hydrogen-bond acceptors (Lipinski definition) is 2. The Hall–Kier alpha value is -2.14. The molecule has 23 heavy (non-hydrogen) atoms. The predicted molar refractivity (Wildman–Crippen MR) is 95.1 cm³/mol. The fraction of sp³-hybridized carbons (Fsp3) is 0.222. The standard InChI is InChI=1S/C18H19BrN2O2/c1-12(16-5-3-4-6-17(16)19)20-18(23)11-14-7-9-15(10-8-14)21-13(2)22/h3-10,12H,11H2,1-2H3,(H,20,23)(H,21,22). The fourth-order valence-electron chi connectivity index (χ4n) is 2.29. The lowest BCUT2D eigenvalue weighted by molar-refractivity contribution is -0.121. The van der Waals surface area contributed by atoms with Crippen molar-refractivity contribution in [2.24, 2.45) is 0 Å². The lowest BCUT2D eigenvalue weighted by Gasteiger charge is -2.16. The van der Waals surface area contributed by atoms with E-state index in [4.69, 9.17) is 0 Å². The smallest absolute Gasteiger partial charge is 0.224 e. The van der Waals surface area contributed by atoms with Crippen molar-refractivity contribution in [2.45, 2.75) is 26.3 Å². The largest absolute Gasteiger partial charge is 0.349 e. The molecule has 0 aliphatic heterocycles. The molecule has 2 rings (SSSR count). The van der Waals surface area contributed by atoms with Crippen LogP contribution < -0.4 is 10.6 Å². The summed E-state index contributed by atoms with van der Waals surface area (Å²) >= 11 is 3.50. The number of halogens is 1. The van der Waals surface area contributed by atoms with E-state index >= 15 is 0 Å². The monoisotopic (exact) mass is 374 g/mol. The molecule has 2 aromatic carbocycles.